The van der Waals surface area contributed by atoms with E-state index in [2.05, 4.69) is 4.72 Å². The lowest BCUT2D eigenvalue weighted by atomic mass is 10.1. The first-order valence-corrected chi connectivity index (χ1v) is 8.78. The SMILES string of the molecule is Cc1cc(NS(=O)(=O)C(C)C)ccc1N1CCCCC1=O. The summed E-state index contributed by atoms with van der Waals surface area (Å²) in [4.78, 5) is 13.8. The number of carbonyl (C=O) groups is 1. The Morgan fingerprint density at radius 1 is 1.24 bits per heavy atom. The van der Waals surface area contributed by atoms with Gasteiger partial charge in [-0.2, -0.15) is 0 Å². The van der Waals surface area contributed by atoms with Crippen molar-refractivity contribution in [3.63, 3.8) is 0 Å². The fourth-order valence-corrected chi connectivity index (χ4v) is 3.06. The van der Waals surface area contributed by atoms with Crippen molar-refractivity contribution in [3.05, 3.63) is 23.8 Å². The molecule has 5 nitrogen and oxygen atoms in total. The number of anilines is 2. The van der Waals surface area contributed by atoms with Gasteiger partial charge < -0.3 is 4.90 Å². The van der Waals surface area contributed by atoms with Crippen molar-refractivity contribution in [3.8, 4) is 0 Å². The zero-order valence-electron chi connectivity index (χ0n) is 12.7. The number of benzene rings is 1. The molecule has 0 atom stereocenters. The molecule has 1 aromatic carbocycles. The Kier molecular flexibility index (Phi) is 4.56. The van der Waals surface area contributed by atoms with Crippen LogP contribution < -0.4 is 9.62 Å². The number of nitrogens with zero attached hydrogens (tertiary/aromatic N) is 1. The van der Waals surface area contributed by atoms with Crippen LogP contribution in [0.25, 0.3) is 0 Å². The first-order valence-electron chi connectivity index (χ1n) is 7.24. The minimum absolute atomic E-state index is 0.139. The molecule has 1 heterocycles. The van der Waals surface area contributed by atoms with Gasteiger partial charge in [-0.1, -0.05) is 0 Å². The highest BCUT2D eigenvalue weighted by Gasteiger charge is 2.21. The highest BCUT2D eigenvalue weighted by atomic mass is 32.2. The second-order valence-corrected chi connectivity index (χ2v) is 7.94. The summed E-state index contributed by atoms with van der Waals surface area (Å²) >= 11 is 0. The van der Waals surface area contributed by atoms with Gasteiger partial charge in [0.2, 0.25) is 15.9 Å². The van der Waals surface area contributed by atoms with Crippen molar-refractivity contribution in [1.29, 1.82) is 0 Å². The smallest absolute Gasteiger partial charge is 0.235 e. The van der Waals surface area contributed by atoms with Gasteiger partial charge >= 0.3 is 0 Å². The van der Waals surface area contributed by atoms with Gasteiger partial charge in [-0.3, -0.25) is 9.52 Å². The third-order valence-corrected chi connectivity index (χ3v) is 5.45. The number of carbonyl (C=O) groups excluding carboxylic acids is 1. The Balaban J connectivity index is 2.23. The van der Waals surface area contributed by atoms with Gasteiger partial charge in [0.05, 0.1) is 5.25 Å². The second kappa shape index (κ2) is 6.05. The summed E-state index contributed by atoms with van der Waals surface area (Å²) in [6.07, 6.45) is 2.54. The van der Waals surface area contributed by atoms with Gasteiger partial charge in [0, 0.05) is 24.3 Å². The summed E-state index contributed by atoms with van der Waals surface area (Å²) in [6.45, 7) is 5.90. The van der Waals surface area contributed by atoms with Gasteiger partial charge in [-0.15, -0.1) is 0 Å². The third kappa shape index (κ3) is 3.56. The molecule has 1 N–H and O–H groups in total. The molecule has 2 rings (SSSR count). The highest BCUT2D eigenvalue weighted by Crippen LogP contribution is 2.27. The van der Waals surface area contributed by atoms with Crippen LogP contribution in [0.3, 0.4) is 0 Å². The monoisotopic (exact) mass is 310 g/mol. The third-order valence-electron chi connectivity index (χ3n) is 3.69. The zero-order valence-corrected chi connectivity index (χ0v) is 13.5. The lowest BCUT2D eigenvalue weighted by molar-refractivity contribution is -0.119. The van der Waals surface area contributed by atoms with E-state index in [1.165, 1.54) is 0 Å². The van der Waals surface area contributed by atoms with E-state index in [0.717, 1.165) is 30.6 Å². The van der Waals surface area contributed by atoms with Crippen LogP contribution in [-0.4, -0.2) is 26.1 Å². The molecule has 0 radical (unpaired) electrons. The molecule has 0 aromatic heterocycles. The molecule has 116 valence electrons. The molecule has 1 aliphatic rings. The van der Waals surface area contributed by atoms with Gasteiger partial charge in [-0.25, -0.2) is 8.42 Å². The topological polar surface area (TPSA) is 66.5 Å². The Bertz CT molecular complexity index is 638. The zero-order chi connectivity index (χ0) is 15.6. The van der Waals surface area contributed by atoms with Crippen molar-refractivity contribution in [2.75, 3.05) is 16.2 Å². The van der Waals surface area contributed by atoms with Gasteiger partial charge in [-0.05, 0) is 57.4 Å². The number of aryl methyl sites for hydroxylation is 1. The van der Waals surface area contributed by atoms with Gasteiger partial charge in [0.25, 0.3) is 0 Å². The molecule has 1 fully saturated rings. The molecule has 0 unspecified atom stereocenters. The van der Waals surface area contributed by atoms with Crippen LogP contribution in [0.2, 0.25) is 0 Å². The summed E-state index contributed by atoms with van der Waals surface area (Å²) in [5.74, 6) is 0.139. The number of amides is 1. The summed E-state index contributed by atoms with van der Waals surface area (Å²) in [7, 11) is -3.35. The van der Waals surface area contributed by atoms with Crippen molar-refractivity contribution < 1.29 is 13.2 Å². The van der Waals surface area contributed by atoms with E-state index in [9.17, 15) is 13.2 Å². The summed E-state index contributed by atoms with van der Waals surface area (Å²) < 4.78 is 26.3. The van der Waals surface area contributed by atoms with Crippen LogP contribution >= 0.6 is 0 Å². The van der Waals surface area contributed by atoms with Crippen LogP contribution in [-0.2, 0) is 14.8 Å². The fraction of sp³-hybridized carbons (Fsp3) is 0.533. The molecule has 1 aliphatic heterocycles. The standard InChI is InChI=1S/C15H22N2O3S/c1-11(2)21(19,20)16-13-7-8-14(12(3)10-13)17-9-5-4-6-15(17)18/h7-8,10-11,16H,4-6,9H2,1-3H3. The van der Waals surface area contributed by atoms with Crippen molar-refractivity contribution in [1.82, 2.24) is 0 Å². The van der Waals surface area contributed by atoms with Gasteiger partial charge in [0.15, 0.2) is 0 Å². The van der Waals surface area contributed by atoms with E-state index in [1.807, 2.05) is 13.0 Å². The van der Waals surface area contributed by atoms with Crippen molar-refractivity contribution >= 4 is 27.3 Å². The molecular weight excluding hydrogens is 288 g/mol. The lowest BCUT2D eigenvalue weighted by Crippen LogP contribution is -2.35. The number of nitrogens with one attached hydrogen (secondary N) is 1. The Hall–Kier alpha value is -1.56. The maximum absolute atomic E-state index is 12.0. The predicted molar refractivity (Wildman–Crippen MR) is 85.1 cm³/mol. The Labute approximate surface area is 126 Å². The molecule has 0 spiro atoms. The van der Waals surface area contributed by atoms with Crippen molar-refractivity contribution in [2.24, 2.45) is 0 Å². The summed E-state index contributed by atoms with van der Waals surface area (Å²) in [5, 5.41) is -0.485. The van der Waals surface area contributed by atoms with Crippen LogP contribution in [0.4, 0.5) is 11.4 Å². The fourth-order valence-electron chi connectivity index (χ4n) is 2.36. The number of sulfonamides is 1. The number of hydrogen-bond donors (Lipinski definition) is 1. The van der Waals surface area contributed by atoms with Crippen LogP contribution in [0.5, 0.6) is 0 Å². The first kappa shape index (κ1) is 15.8. The molecule has 21 heavy (non-hydrogen) atoms. The average molecular weight is 310 g/mol. The summed E-state index contributed by atoms with van der Waals surface area (Å²) in [5.41, 5.74) is 2.30. The molecule has 0 aliphatic carbocycles. The Morgan fingerprint density at radius 2 is 1.95 bits per heavy atom. The second-order valence-electron chi connectivity index (χ2n) is 5.70. The Morgan fingerprint density at radius 3 is 2.52 bits per heavy atom. The minimum Gasteiger partial charge on any atom is -0.312 e. The van der Waals surface area contributed by atoms with E-state index < -0.39 is 15.3 Å². The van der Waals surface area contributed by atoms with Crippen molar-refractivity contribution in [2.45, 2.75) is 45.3 Å². The molecule has 1 saturated heterocycles. The van der Waals surface area contributed by atoms with Gasteiger partial charge in [0.1, 0.15) is 0 Å². The van der Waals surface area contributed by atoms with E-state index >= 15 is 0 Å². The predicted octanol–water partition coefficient (Wildman–Crippen LogP) is 2.66. The molecule has 0 bridgehead atoms. The molecule has 0 saturated carbocycles. The van der Waals surface area contributed by atoms with Crippen LogP contribution in [0.15, 0.2) is 18.2 Å². The average Bonchev–Trinajstić information content (AvgIpc) is 2.39. The first-order chi connectivity index (χ1) is 9.81. The quantitative estimate of drug-likeness (QED) is 0.929. The van der Waals surface area contributed by atoms with E-state index in [0.29, 0.717) is 12.1 Å². The lowest BCUT2D eigenvalue weighted by Gasteiger charge is -2.28. The number of piperidine rings is 1. The number of rotatable bonds is 4. The summed E-state index contributed by atoms with van der Waals surface area (Å²) in [6, 6.07) is 5.30. The van der Waals surface area contributed by atoms with E-state index in [-0.39, 0.29) is 5.91 Å². The van der Waals surface area contributed by atoms with E-state index in [4.69, 9.17) is 0 Å². The molecular formula is C15H22N2O3S. The van der Waals surface area contributed by atoms with E-state index in [1.54, 1.807) is 30.9 Å². The van der Waals surface area contributed by atoms with Crippen LogP contribution in [0.1, 0.15) is 38.7 Å². The normalized spacial score (nSPS) is 16.4. The maximum atomic E-state index is 12.0. The molecule has 1 aromatic rings. The number of hydrogen-bond acceptors (Lipinski definition) is 3. The minimum atomic E-state index is -3.35. The largest absolute Gasteiger partial charge is 0.312 e. The molecule has 6 heteroatoms. The van der Waals surface area contributed by atoms with Crippen LogP contribution in [0, 0.1) is 6.92 Å². The maximum Gasteiger partial charge on any atom is 0.235 e. The highest BCUT2D eigenvalue weighted by molar-refractivity contribution is 7.93. The molecule has 1 amide bonds.